The zero-order valence-electron chi connectivity index (χ0n) is 14.2. The number of benzene rings is 2. The maximum absolute atomic E-state index is 11.9. The summed E-state index contributed by atoms with van der Waals surface area (Å²) in [6.07, 6.45) is 1.60. The fourth-order valence-corrected chi connectivity index (χ4v) is 2.48. The molecule has 0 radical (unpaired) electrons. The smallest absolute Gasteiger partial charge is 0.237 e. The minimum atomic E-state index is -0.434. The van der Waals surface area contributed by atoms with Crippen LogP contribution < -0.4 is 11.1 Å². The minimum Gasteiger partial charge on any atom is -0.372 e. The Kier molecular flexibility index (Phi) is 7.46. The van der Waals surface area contributed by atoms with Gasteiger partial charge in [-0.05, 0) is 23.1 Å². The Morgan fingerprint density at radius 2 is 1.71 bits per heavy atom. The van der Waals surface area contributed by atoms with Crippen LogP contribution in [0, 0.1) is 0 Å². The van der Waals surface area contributed by atoms with Crippen LogP contribution in [0.5, 0.6) is 0 Å². The average molecular weight is 326 g/mol. The van der Waals surface area contributed by atoms with E-state index in [4.69, 9.17) is 10.5 Å². The number of ether oxygens (including phenoxy) is 1. The van der Waals surface area contributed by atoms with Crippen LogP contribution in [0.25, 0.3) is 0 Å². The second-order valence-corrected chi connectivity index (χ2v) is 5.86. The van der Waals surface area contributed by atoms with Gasteiger partial charge in [-0.25, -0.2) is 0 Å². The lowest BCUT2D eigenvalue weighted by molar-refractivity contribution is -0.122. The van der Waals surface area contributed by atoms with E-state index in [0.29, 0.717) is 26.2 Å². The van der Waals surface area contributed by atoms with Gasteiger partial charge < -0.3 is 15.8 Å². The highest BCUT2D eigenvalue weighted by Gasteiger charge is 2.12. The molecule has 0 aromatic heterocycles. The molecule has 2 rings (SSSR count). The van der Waals surface area contributed by atoms with Crippen molar-refractivity contribution in [3.63, 3.8) is 0 Å². The molecular weight excluding hydrogens is 300 g/mol. The van der Waals surface area contributed by atoms with Gasteiger partial charge >= 0.3 is 0 Å². The molecule has 0 saturated carbocycles. The lowest BCUT2D eigenvalue weighted by Crippen LogP contribution is -2.40. The van der Waals surface area contributed by atoms with Crippen molar-refractivity contribution in [2.75, 3.05) is 0 Å². The summed E-state index contributed by atoms with van der Waals surface area (Å²) in [6.45, 7) is 3.58. The lowest BCUT2D eigenvalue weighted by atomic mass is 10.1. The zero-order valence-corrected chi connectivity index (χ0v) is 14.2. The van der Waals surface area contributed by atoms with Crippen LogP contribution in [-0.4, -0.2) is 11.9 Å². The number of hydrogen-bond acceptors (Lipinski definition) is 3. The molecule has 0 fully saturated rings. The first-order chi connectivity index (χ1) is 11.7. The van der Waals surface area contributed by atoms with E-state index < -0.39 is 6.04 Å². The van der Waals surface area contributed by atoms with E-state index in [-0.39, 0.29) is 5.91 Å². The average Bonchev–Trinajstić information content (AvgIpc) is 2.61. The fraction of sp³-hybridized carbons (Fsp3) is 0.350. The van der Waals surface area contributed by atoms with E-state index in [1.165, 1.54) is 0 Å². The molecule has 0 aliphatic heterocycles. The highest BCUT2D eigenvalue weighted by molar-refractivity contribution is 5.81. The number of carbonyl (C=O) groups excluding carboxylic acids is 1. The van der Waals surface area contributed by atoms with Crippen LogP contribution >= 0.6 is 0 Å². The maximum atomic E-state index is 11.9. The summed E-state index contributed by atoms with van der Waals surface area (Å²) in [5, 5.41) is 2.91. The molecule has 1 atom stereocenters. The highest BCUT2D eigenvalue weighted by Crippen LogP contribution is 2.12. The Hall–Kier alpha value is -2.17. The summed E-state index contributed by atoms with van der Waals surface area (Å²) in [6, 6.07) is 17.6. The Morgan fingerprint density at radius 3 is 2.42 bits per heavy atom. The highest BCUT2D eigenvalue weighted by atomic mass is 16.5. The van der Waals surface area contributed by atoms with E-state index in [0.717, 1.165) is 23.1 Å². The molecule has 1 unspecified atom stereocenters. The predicted molar refractivity (Wildman–Crippen MR) is 96.1 cm³/mol. The van der Waals surface area contributed by atoms with E-state index in [9.17, 15) is 4.79 Å². The third-order valence-corrected chi connectivity index (χ3v) is 3.88. The topological polar surface area (TPSA) is 64.4 Å². The number of hydrogen-bond donors (Lipinski definition) is 2. The van der Waals surface area contributed by atoms with Crippen LogP contribution in [-0.2, 0) is 29.3 Å². The molecule has 0 spiro atoms. The van der Waals surface area contributed by atoms with Crippen molar-refractivity contribution in [2.45, 2.75) is 45.6 Å². The molecule has 0 aliphatic rings. The molecule has 4 nitrogen and oxygen atoms in total. The fourth-order valence-electron chi connectivity index (χ4n) is 2.48. The maximum Gasteiger partial charge on any atom is 0.237 e. The number of nitrogens with two attached hydrogens (primary N) is 1. The first kappa shape index (κ1) is 18.2. The standard InChI is InChI=1S/C20H26N2O2/c1-2-8-19(21)20(23)22-13-17-11-6-7-12-18(17)15-24-14-16-9-4-3-5-10-16/h3-7,9-12,19H,2,8,13-15,21H2,1H3,(H,22,23). The largest absolute Gasteiger partial charge is 0.372 e. The van der Waals surface area contributed by atoms with Crippen molar-refractivity contribution in [2.24, 2.45) is 5.73 Å². The van der Waals surface area contributed by atoms with E-state index in [1.54, 1.807) is 0 Å². The molecule has 3 N–H and O–H groups in total. The number of rotatable bonds is 9. The van der Waals surface area contributed by atoms with E-state index >= 15 is 0 Å². The van der Waals surface area contributed by atoms with Gasteiger partial charge in [0.1, 0.15) is 0 Å². The van der Waals surface area contributed by atoms with Gasteiger partial charge in [-0.15, -0.1) is 0 Å². The summed E-state index contributed by atoms with van der Waals surface area (Å²) in [7, 11) is 0. The Balaban J connectivity index is 1.86. The van der Waals surface area contributed by atoms with Crippen LogP contribution in [0.15, 0.2) is 54.6 Å². The molecule has 2 aromatic rings. The van der Waals surface area contributed by atoms with E-state index in [1.807, 2.05) is 61.5 Å². The molecule has 0 aliphatic carbocycles. The second kappa shape index (κ2) is 9.85. The number of carbonyl (C=O) groups is 1. The SMILES string of the molecule is CCCC(N)C(=O)NCc1ccccc1COCc1ccccc1. The van der Waals surface area contributed by atoms with Gasteiger partial charge in [0.05, 0.1) is 19.3 Å². The Labute approximate surface area is 144 Å². The summed E-state index contributed by atoms with van der Waals surface area (Å²) < 4.78 is 5.80. The minimum absolute atomic E-state index is 0.100. The van der Waals surface area contributed by atoms with Crippen LogP contribution in [0.1, 0.15) is 36.5 Å². The Bertz CT molecular complexity index is 629. The van der Waals surface area contributed by atoms with Gasteiger partial charge in [-0.2, -0.15) is 0 Å². The summed E-state index contributed by atoms with van der Waals surface area (Å²) in [4.78, 5) is 11.9. The monoisotopic (exact) mass is 326 g/mol. The molecule has 0 heterocycles. The third-order valence-electron chi connectivity index (χ3n) is 3.88. The van der Waals surface area contributed by atoms with Gasteiger partial charge in [0.2, 0.25) is 5.91 Å². The molecule has 2 aromatic carbocycles. The van der Waals surface area contributed by atoms with Gasteiger partial charge in [-0.3, -0.25) is 4.79 Å². The zero-order chi connectivity index (χ0) is 17.2. The van der Waals surface area contributed by atoms with Gasteiger partial charge in [-0.1, -0.05) is 67.9 Å². The number of nitrogens with one attached hydrogen (secondary N) is 1. The van der Waals surface area contributed by atoms with Crippen LogP contribution in [0.3, 0.4) is 0 Å². The summed E-state index contributed by atoms with van der Waals surface area (Å²) >= 11 is 0. The van der Waals surface area contributed by atoms with Crippen molar-refractivity contribution in [3.05, 3.63) is 71.3 Å². The van der Waals surface area contributed by atoms with Crippen molar-refractivity contribution in [1.82, 2.24) is 5.32 Å². The molecule has 4 heteroatoms. The van der Waals surface area contributed by atoms with Crippen molar-refractivity contribution < 1.29 is 9.53 Å². The molecular formula is C20H26N2O2. The molecule has 0 saturated heterocycles. The van der Waals surface area contributed by atoms with Crippen molar-refractivity contribution in [3.8, 4) is 0 Å². The lowest BCUT2D eigenvalue weighted by Gasteiger charge is -2.14. The second-order valence-electron chi connectivity index (χ2n) is 5.86. The van der Waals surface area contributed by atoms with Gasteiger partial charge in [0.25, 0.3) is 0 Å². The van der Waals surface area contributed by atoms with E-state index in [2.05, 4.69) is 5.32 Å². The van der Waals surface area contributed by atoms with Crippen molar-refractivity contribution in [1.29, 1.82) is 0 Å². The van der Waals surface area contributed by atoms with Crippen LogP contribution in [0.2, 0.25) is 0 Å². The van der Waals surface area contributed by atoms with Gasteiger partial charge in [0.15, 0.2) is 0 Å². The Morgan fingerprint density at radius 1 is 1.04 bits per heavy atom. The first-order valence-electron chi connectivity index (χ1n) is 8.42. The summed E-state index contributed by atoms with van der Waals surface area (Å²) in [5.41, 5.74) is 9.12. The molecule has 0 bridgehead atoms. The van der Waals surface area contributed by atoms with Gasteiger partial charge in [0, 0.05) is 6.54 Å². The number of amides is 1. The normalized spacial score (nSPS) is 11.9. The third kappa shape index (κ3) is 5.80. The quantitative estimate of drug-likeness (QED) is 0.744. The first-order valence-corrected chi connectivity index (χ1v) is 8.42. The van der Waals surface area contributed by atoms with Crippen molar-refractivity contribution >= 4 is 5.91 Å². The molecule has 1 amide bonds. The van der Waals surface area contributed by atoms with Crippen LogP contribution in [0.4, 0.5) is 0 Å². The molecule has 24 heavy (non-hydrogen) atoms. The predicted octanol–water partition coefficient (Wildman–Crippen LogP) is 3.15. The molecule has 128 valence electrons. The summed E-state index contributed by atoms with van der Waals surface area (Å²) in [5.74, 6) is -0.100.